The maximum Gasteiger partial charge on any atom is 0.283 e. The summed E-state index contributed by atoms with van der Waals surface area (Å²) >= 11 is 1.59. The number of nitrogen functional groups attached to an aromatic ring is 2. The lowest BCUT2D eigenvalue weighted by molar-refractivity contribution is 0.0948. The van der Waals surface area contributed by atoms with Crippen LogP contribution in [0.5, 0.6) is 0 Å². The fraction of sp³-hybridized carbons (Fsp3) is 0.143. The molecule has 2 rings (SSSR count). The Morgan fingerprint density at radius 2 is 2.15 bits per heavy atom. The van der Waals surface area contributed by atoms with Crippen molar-refractivity contribution in [1.29, 1.82) is 0 Å². The predicted molar refractivity (Wildman–Crippen MR) is 81.0 cm³/mol. The summed E-state index contributed by atoms with van der Waals surface area (Å²) < 4.78 is 0. The van der Waals surface area contributed by atoms with Crippen LogP contribution in [0.25, 0.3) is 0 Å². The van der Waals surface area contributed by atoms with Crippen molar-refractivity contribution in [2.45, 2.75) is 17.6 Å². The van der Waals surface area contributed by atoms with E-state index in [0.29, 0.717) is 11.4 Å². The predicted octanol–water partition coefficient (Wildman–Crippen LogP) is 1.87. The average Bonchev–Trinajstić information content (AvgIpc) is 2.47. The fourth-order valence-electron chi connectivity index (χ4n) is 1.68. The van der Waals surface area contributed by atoms with E-state index in [1.807, 2.05) is 31.2 Å². The normalized spacial score (nSPS) is 10.3. The number of hydrogen-bond donors (Lipinski definition) is 3. The maximum atomic E-state index is 11.4. The number of carbonyl (C=O) groups excluding carboxylic acids is 1. The minimum absolute atomic E-state index is 0.308. The van der Waals surface area contributed by atoms with E-state index in [2.05, 4.69) is 10.4 Å². The van der Waals surface area contributed by atoms with Gasteiger partial charge in [0.05, 0.1) is 5.69 Å². The molecule has 0 bridgehead atoms. The zero-order valence-electron chi connectivity index (χ0n) is 11.1. The number of nitrogens with two attached hydrogens (primary N) is 2. The number of nitrogens with one attached hydrogen (secondary N) is 1. The number of benzene rings is 1. The van der Waals surface area contributed by atoms with Gasteiger partial charge in [0.2, 0.25) is 0 Å². The number of hydrogen-bond acceptors (Lipinski definition) is 5. The van der Waals surface area contributed by atoms with Crippen molar-refractivity contribution in [3.8, 4) is 0 Å². The summed E-state index contributed by atoms with van der Waals surface area (Å²) in [7, 11) is 0. The lowest BCUT2D eigenvalue weighted by atomic mass is 10.2. The Morgan fingerprint density at radius 3 is 2.90 bits per heavy atom. The number of pyridine rings is 1. The van der Waals surface area contributed by atoms with E-state index in [1.54, 1.807) is 23.9 Å². The summed E-state index contributed by atoms with van der Waals surface area (Å²) in [4.78, 5) is 16.7. The number of hydrazine groups is 1. The second-order valence-electron chi connectivity index (χ2n) is 4.32. The number of rotatable bonds is 4. The van der Waals surface area contributed by atoms with E-state index >= 15 is 0 Å². The average molecular weight is 288 g/mol. The molecule has 0 aliphatic rings. The third-order valence-electron chi connectivity index (χ3n) is 2.72. The molecule has 1 aromatic carbocycles. The van der Waals surface area contributed by atoms with E-state index in [-0.39, 0.29) is 0 Å². The molecule has 1 heterocycles. The molecule has 2 aromatic rings. The smallest absolute Gasteiger partial charge is 0.283 e. The van der Waals surface area contributed by atoms with E-state index in [1.165, 1.54) is 0 Å². The van der Waals surface area contributed by atoms with Gasteiger partial charge in [0.25, 0.3) is 5.91 Å². The monoisotopic (exact) mass is 288 g/mol. The number of amides is 1. The van der Waals surface area contributed by atoms with Gasteiger partial charge in [0.15, 0.2) is 0 Å². The first-order chi connectivity index (χ1) is 9.60. The van der Waals surface area contributed by atoms with Gasteiger partial charge in [0.1, 0.15) is 5.69 Å². The molecular formula is C14H16N4OS. The zero-order valence-corrected chi connectivity index (χ0v) is 11.9. The summed E-state index contributed by atoms with van der Waals surface area (Å²) in [6.45, 7) is 2.02. The molecule has 0 aliphatic heterocycles. The SMILES string of the molecule is Cc1ccc(N)c(SCc2cccc(C(=O)NN)n2)c1. The highest BCUT2D eigenvalue weighted by atomic mass is 32.2. The molecule has 0 saturated heterocycles. The maximum absolute atomic E-state index is 11.4. The second-order valence-corrected chi connectivity index (χ2v) is 5.33. The Balaban J connectivity index is 2.11. The van der Waals surface area contributed by atoms with Gasteiger partial charge in [-0.1, -0.05) is 12.1 Å². The van der Waals surface area contributed by atoms with Gasteiger partial charge in [0, 0.05) is 16.3 Å². The zero-order chi connectivity index (χ0) is 14.5. The number of nitrogens with zero attached hydrogens (tertiary/aromatic N) is 1. The van der Waals surface area contributed by atoms with E-state index in [9.17, 15) is 4.79 Å². The van der Waals surface area contributed by atoms with Crippen LogP contribution in [-0.4, -0.2) is 10.9 Å². The summed E-state index contributed by atoms with van der Waals surface area (Å²) in [5.74, 6) is 5.34. The molecule has 1 aromatic heterocycles. The molecule has 0 aliphatic carbocycles. The van der Waals surface area contributed by atoms with Crippen LogP contribution >= 0.6 is 11.8 Å². The van der Waals surface area contributed by atoms with Crippen LogP contribution in [0.2, 0.25) is 0 Å². The lowest BCUT2D eigenvalue weighted by Gasteiger charge is -2.07. The Bertz CT molecular complexity index is 630. The summed E-state index contributed by atoms with van der Waals surface area (Å²) in [5, 5.41) is 0. The highest BCUT2D eigenvalue weighted by molar-refractivity contribution is 7.98. The Labute approximate surface area is 121 Å². The number of aryl methyl sites for hydroxylation is 1. The summed E-state index contributed by atoms with van der Waals surface area (Å²) in [6, 6.07) is 11.2. The molecule has 1 amide bonds. The first-order valence-corrected chi connectivity index (χ1v) is 7.04. The highest BCUT2D eigenvalue weighted by Crippen LogP contribution is 2.28. The third-order valence-corrected chi connectivity index (χ3v) is 3.82. The Kier molecular flexibility index (Phi) is 4.60. The minimum atomic E-state index is -0.396. The Hall–Kier alpha value is -2.05. The van der Waals surface area contributed by atoms with Gasteiger partial charge in [-0.05, 0) is 36.8 Å². The fourth-order valence-corrected chi connectivity index (χ4v) is 2.65. The van der Waals surface area contributed by atoms with Gasteiger partial charge >= 0.3 is 0 Å². The molecule has 6 heteroatoms. The van der Waals surface area contributed by atoms with Crippen LogP contribution in [0.3, 0.4) is 0 Å². The van der Waals surface area contributed by atoms with Crippen LogP contribution in [0.15, 0.2) is 41.3 Å². The first-order valence-electron chi connectivity index (χ1n) is 6.06. The van der Waals surface area contributed by atoms with Crippen LogP contribution in [-0.2, 0) is 5.75 Å². The molecular weight excluding hydrogens is 272 g/mol. The van der Waals surface area contributed by atoms with Crippen molar-refractivity contribution in [3.63, 3.8) is 0 Å². The van der Waals surface area contributed by atoms with Crippen LogP contribution in [0.4, 0.5) is 5.69 Å². The highest BCUT2D eigenvalue weighted by Gasteiger charge is 2.07. The number of carbonyl (C=O) groups is 1. The molecule has 0 saturated carbocycles. The molecule has 0 radical (unpaired) electrons. The standard InChI is InChI=1S/C14H16N4OS/c1-9-5-6-11(15)13(7-9)20-8-10-3-2-4-12(17-10)14(19)18-16/h2-7H,8,15-16H2,1H3,(H,18,19). The van der Waals surface area contributed by atoms with Crippen LogP contribution in [0.1, 0.15) is 21.7 Å². The minimum Gasteiger partial charge on any atom is -0.398 e. The van der Waals surface area contributed by atoms with E-state index < -0.39 is 5.91 Å². The van der Waals surface area contributed by atoms with Crippen molar-refractivity contribution in [3.05, 3.63) is 53.3 Å². The van der Waals surface area contributed by atoms with Gasteiger partial charge in [-0.25, -0.2) is 10.8 Å². The third kappa shape index (κ3) is 3.49. The first kappa shape index (κ1) is 14.4. The van der Waals surface area contributed by atoms with Gasteiger partial charge in [-0.3, -0.25) is 10.2 Å². The van der Waals surface area contributed by atoms with E-state index in [4.69, 9.17) is 11.6 Å². The number of anilines is 1. The summed E-state index contributed by atoms with van der Waals surface area (Å²) in [6.07, 6.45) is 0. The number of aromatic nitrogens is 1. The molecule has 5 N–H and O–H groups in total. The van der Waals surface area contributed by atoms with Gasteiger partial charge in [-0.2, -0.15) is 0 Å². The molecule has 0 unspecified atom stereocenters. The molecule has 0 atom stereocenters. The van der Waals surface area contributed by atoms with Crippen molar-refractivity contribution in [2.24, 2.45) is 5.84 Å². The number of thioether (sulfide) groups is 1. The lowest BCUT2D eigenvalue weighted by Crippen LogP contribution is -2.30. The van der Waals surface area contributed by atoms with Crippen LogP contribution in [0, 0.1) is 6.92 Å². The topological polar surface area (TPSA) is 94.0 Å². The molecule has 20 heavy (non-hydrogen) atoms. The Morgan fingerprint density at radius 1 is 1.35 bits per heavy atom. The molecule has 104 valence electrons. The van der Waals surface area contributed by atoms with Crippen molar-refractivity contribution in [2.75, 3.05) is 5.73 Å². The van der Waals surface area contributed by atoms with Crippen molar-refractivity contribution < 1.29 is 4.79 Å². The molecule has 0 spiro atoms. The summed E-state index contributed by atoms with van der Waals surface area (Å²) in [5.41, 5.74) is 11.0. The largest absolute Gasteiger partial charge is 0.398 e. The second kappa shape index (κ2) is 6.40. The quantitative estimate of drug-likeness (QED) is 0.262. The van der Waals surface area contributed by atoms with Crippen LogP contribution < -0.4 is 17.0 Å². The van der Waals surface area contributed by atoms with Gasteiger partial charge < -0.3 is 5.73 Å². The molecule has 5 nitrogen and oxygen atoms in total. The molecule has 0 fully saturated rings. The van der Waals surface area contributed by atoms with Crippen molar-refractivity contribution in [1.82, 2.24) is 10.4 Å². The van der Waals surface area contributed by atoms with Crippen molar-refractivity contribution >= 4 is 23.4 Å². The van der Waals surface area contributed by atoms with Gasteiger partial charge in [-0.15, -0.1) is 11.8 Å². The van der Waals surface area contributed by atoms with E-state index in [0.717, 1.165) is 21.8 Å².